The van der Waals surface area contributed by atoms with Gasteiger partial charge in [-0.15, -0.1) is 0 Å². The number of carbonyl (C=O) groups is 1. The summed E-state index contributed by atoms with van der Waals surface area (Å²) in [6, 6.07) is 15.3. The fourth-order valence-electron chi connectivity index (χ4n) is 3.55. The van der Waals surface area contributed by atoms with Gasteiger partial charge in [-0.2, -0.15) is 0 Å². The average Bonchev–Trinajstić information content (AvgIpc) is 2.91. The summed E-state index contributed by atoms with van der Waals surface area (Å²) in [5.74, 6) is 0.0295. The van der Waals surface area contributed by atoms with Gasteiger partial charge in [0, 0.05) is 40.5 Å². The van der Waals surface area contributed by atoms with Crippen LogP contribution in [0.2, 0.25) is 0 Å². The van der Waals surface area contributed by atoms with Crippen LogP contribution in [0.25, 0.3) is 33.1 Å². The highest BCUT2D eigenvalue weighted by Gasteiger charge is 2.16. The number of benzene rings is 2. The highest BCUT2D eigenvalue weighted by atomic mass is 79.9. The number of hydrogen-bond acceptors (Lipinski definition) is 2. The molecule has 0 atom stereocenters. The second kappa shape index (κ2) is 5.95. The van der Waals surface area contributed by atoms with Gasteiger partial charge >= 0.3 is 0 Å². The maximum atomic E-state index is 13.0. The number of Topliss-reactive ketones (excluding diaryl/α,β-unsaturated/α-hetero) is 1. The molecule has 2 aromatic heterocycles. The van der Waals surface area contributed by atoms with Crippen molar-refractivity contribution in [1.29, 1.82) is 0 Å². The van der Waals surface area contributed by atoms with Gasteiger partial charge in [0.1, 0.15) is 5.65 Å². The molecule has 0 fully saturated rings. The van der Waals surface area contributed by atoms with Crippen LogP contribution in [0.4, 0.5) is 0 Å². The van der Waals surface area contributed by atoms with Crippen LogP contribution in [0.1, 0.15) is 17.3 Å². The Morgan fingerprint density at radius 3 is 2.27 bits per heavy atom. The number of pyridine rings is 1. The van der Waals surface area contributed by atoms with Crippen LogP contribution in [0.15, 0.2) is 57.8 Å². The zero-order chi connectivity index (χ0) is 18.6. The Kier molecular flexibility index (Phi) is 3.84. The molecule has 0 aliphatic carbocycles. The Bertz CT molecular complexity index is 1250. The van der Waals surface area contributed by atoms with Gasteiger partial charge < -0.3 is 4.57 Å². The molecule has 0 aliphatic rings. The van der Waals surface area contributed by atoms with Crippen molar-refractivity contribution in [2.24, 2.45) is 14.1 Å². The minimum atomic E-state index is -0.0440. The van der Waals surface area contributed by atoms with E-state index in [-0.39, 0.29) is 11.3 Å². The van der Waals surface area contributed by atoms with E-state index in [1.165, 1.54) is 0 Å². The van der Waals surface area contributed by atoms with Crippen molar-refractivity contribution >= 4 is 43.6 Å². The van der Waals surface area contributed by atoms with Crippen molar-refractivity contribution < 1.29 is 4.79 Å². The van der Waals surface area contributed by atoms with Crippen molar-refractivity contribution in [1.82, 2.24) is 9.13 Å². The molecule has 0 unspecified atom stereocenters. The summed E-state index contributed by atoms with van der Waals surface area (Å²) in [4.78, 5) is 24.8. The normalized spacial score (nSPS) is 11.4. The van der Waals surface area contributed by atoms with E-state index in [4.69, 9.17) is 0 Å². The van der Waals surface area contributed by atoms with E-state index >= 15 is 0 Å². The van der Waals surface area contributed by atoms with E-state index in [0.717, 1.165) is 32.0 Å². The number of fused-ring (bicyclic) bond motifs is 3. The van der Waals surface area contributed by atoms with Gasteiger partial charge in [0.25, 0.3) is 5.56 Å². The standard InChI is InChI=1S/C21H17BrN2O2/c1-12(25)14-6-9-19-17(10-14)18-11-16(13-4-7-15(22)8-5-13)21(26)24(3)20(18)23(19)2/h4-11H,1-3H3. The number of rotatable bonds is 2. The molecule has 4 nitrogen and oxygen atoms in total. The minimum Gasteiger partial charge on any atom is -0.330 e. The molecule has 26 heavy (non-hydrogen) atoms. The molecule has 0 amide bonds. The molecule has 5 heteroatoms. The molecular weight excluding hydrogens is 392 g/mol. The second-order valence-electron chi connectivity index (χ2n) is 6.51. The SMILES string of the molecule is CC(=O)c1ccc2c(c1)c1cc(-c3ccc(Br)cc3)c(=O)n(C)c1n2C. The summed E-state index contributed by atoms with van der Waals surface area (Å²) >= 11 is 3.43. The maximum absolute atomic E-state index is 13.0. The molecule has 130 valence electrons. The summed E-state index contributed by atoms with van der Waals surface area (Å²) in [7, 11) is 3.73. The lowest BCUT2D eigenvalue weighted by atomic mass is 10.0. The fraction of sp³-hybridized carbons (Fsp3) is 0.143. The van der Waals surface area contributed by atoms with Crippen LogP contribution in [-0.2, 0) is 14.1 Å². The number of nitrogens with zero attached hydrogens (tertiary/aromatic N) is 2. The van der Waals surface area contributed by atoms with E-state index in [0.29, 0.717) is 11.1 Å². The second-order valence-corrected chi connectivity index (χ2v) is 7.43. The Labute approximate surface area is 158 Å². The molecule has 0 N–H and O–H groups in total. The summed E-state index contributed by atoms with van der Waals surface area (Å²) < 4.78 is 4.65. The number of halogens is 1. The maximum Gasteiger partial charge on any atom is 0.259 e. The van der Waals surface area contributed by atoms with Gasteiger partial charge in [-0.25, -0.2) is 0 Å². The highest BCUT2D eigenvalue weighted by molar-refractivity contribution is 9.10. The van der Waals surface area contributed by atoms with E-state index in [2.05, 4.69) is 15.9 Å². The van der Waals surface area contributed by atoms with Gasteiger partial charge in [0.05, 0.1) is 5.52 Å². The van der Waals surface area contributed by atoms with Gasteiger partial charge in [-0.05, 0) is 48.9 Å². The fourth-order valence-corrected chi connectivity index (χ4v) is 3.81. The monoisotopic (exact) mass is 408 g/mol. The number of aryl methyl sites for hydroxylation is 2. The summed E-state index contributed by atoms with van der Waals surface area (Å²) in [5, 5.41) is 1.94. The third kappa shape index (κ3) is 2.42. The molecule has 0 radical (unpaired) electrons. The molecule has 0 aliphatic heterocycles. The first-order valence-electron chi connectivity index (χ1n) is 8.27. The topological polar surface area (TPSA) is 44.0 Å². The zero-order valence-corrected chi connectivity index (χ0v) is 16.3. The highest BCUT2D eigenvalue weighted by Crippen LogP contribution is 2.31. The average molecular weight is 409 g/mol. The smallest absolute Gasteiger partial charge is 0.259 e. The van der Waals surface area contributed by atoms with E-state index in [9.17, 15) is 9.59 Å². The third-order valence-corrected chi connectivity index (χ3v) is 5.44. The van der Waals surface area contributed by atoms with Crippen LogP contribution in [0.3, 0.4) is 0 Å². The molecule has 0 spiro atoms. The van der Waals surface area contributed by atoms with Crippen LogP contribution in [0, 0.1) is 0 Å². The Balaban J connectivity index is 2.13. The van der Waals surface area contributed by atoms with Crippen LogP contribution >= 0.6 is 15.9 Å². The van der Waals surface area contributed by atoms with Crippen molar-refractivity contribution in [3.63, 3.8) is 0 Å². The van der Waals surface area contributed by atoms with Crippen molar-refractivity contribution in [3.8, 4) is 11.1 Å². The van der Waals surface area contributed by atoms with Crippen molar-refractivity contribution in [2.75, 3.05) is 0 Å². The van der Waals surface area contributed by atoms with E-state index < -0.39 is 0 Å². The third-order valence-electron chi connectivity index (χ3n) is 4.91. The molecule has 0 bridgehead atoms. The number of ketones is 1. The molecule has 0 saturated heterocycles. The van der Waals surface area contributed by atoms with Crippen LogP contribution in [0.5, 0.6) is 0 Å². The molecule has 0 saturated carbocycles. The number of aromatic nitrogens is 2. The molecular formula is C21H17BrN2O2. The molecule has 2 heterocycles. The van der Waals surface area contributed by atoms with Gasteiger partial charge in [-0.1, -0.05) is 28.1 Å². The predicted octanol–water partition coefficient (Wildman–Crippen LogP) is 4.66. The molecule has 4 aromatic rings. The number of carbonyl (C=O) groups excluding carboxylic acids is 1. The van der Waals surface area contributed by atoms with Crippen molar-refractivity contribution in [2.45, 2.75) is 6.92 Å². The van der Waals surface area contributed by atoms with E-state index in [1.807, 2.05) is 60.1 Å². The Morgan fingerprint density at radius 2 is 1.62 bits per heavy atom. The number of hydrogen-bond donors (Lipinski definition) is 0. The lowest BCUT2D eigenvalue weighted by Gasteiger charge is -2.08. The first-order valence-corrected chi connectivity index (χ1v) is 9.07. The predicted molar refractivity (Wildman–Crippen MR) is 109 cm³/mol. The minimum absolute atomic E-state index is 0.0295. The Hall–Kier alpha value is -2.66. The van der Waals surface area contributed by atoms with Gasteiger partial charge in [0.2, 0.25) is 0 Å². The quantitative estimate of drug-likeness (QED) is 0.452. The molecule has 2 aromatic carbocycles. The lowest BCUT2D eigenvalue weighted by molar-refractivity contribution is 0.101. The Morgan fingerprint density at radius 1 is 0.923 bits per heavy atom. The zero-order valence-electron chi connectivity index (χ0n) is 14.7. The van der Waals surface area contributed by atoms with Gasteiger partial charge in [-0.3, -0.25) is 14.2 Å². The van der Waals surface area contributed by atoms with Crippen molar-refractivity contribution in [3.05, 3.63) is 68.9 Å². The van der Waals surface area contributed by atoms with Crippen LogP contribution in [-0.4, -0.2) is 14.9 Å². The first kappa shape index (κ1) is 16.8. The lowest BCUT2D eigenvalue weighted by Crippen LogP contribution is -2.20. The summed E-state index contributed by atoms with van der Waals surface area (Å²) in [6.45, 7) is 1.56. The largest absolute Gasteiger partial charge is 0.330 e. The van der Waals surface area contributed by atoms with Crippen LogP contribution < -0.4 is 5.56 Å². The summed E-state index contributed by atoms with van der Waals surface area (Å²) in [6.07, 6.45) is 0. The van der Waals surface area contributed by atoms with E-state index in [1.54, 1.807) is 18.5 Å². The first-order chi connectivity index (χ1) is 12.4. The molecule has 4 rings (SSSR count). The van der Waals surface area contributed by atoms with Gasteiger partial charge in [0.15, 0.2) is 5.78 Å². The summed E-state index contributed by atoms with van der Waals surface area (Å²) in [5.41, 5.74) is 3.98.